The summed E-state index contributed by atoms with van der Waals surface area (Å²) >= 11 is 0. The molecule has 15 heavy (non-hydrogen) atoms. The van der Waals surface area contributed by atoms with Crippen LogP contribution >= 0.6 is 0 Å². The fraction of sp³-hybridized carbons (Fsp3) is 0.545. The number of carbonyl (C=O) groups excluding carboxylic acids is 1. The number of nitrogens with zero attached hydrogens (tertiary/aromatic N) is 2. The van der Waals surface area contributed by atoms with Gasteiger partial charge in [0, 0.05) is 12.6 Å². The molecule has 0 bridgehead atoms. The van der Waals surface area contributed by atoms with E-state index in [0.717, 1.165) is 19.3 Å². The van der Waals surface area contributed by atoms with Gasteiger partial charge in [-0.2, -0.15) is 0 Å². The standard InChI is InChI=1S/C11H16N2O2/c1-3-5-6-10-12-8-7-9(13-10)11(14)15-4-2/h7-8H,3-6H2,1-2H3. The molecular weight excluding hydrogens is 192 g/mol. The van der Waals surface area contributed by atoms with Gasteiger partial charge in [0.2, 0.25) is 0 Å². The average molecular weight is 208 g/mol. The van der Waals surface area contributed by atoms with Gasteiger partial charge >= 0.3 is 5.97 Å². The molecule has 0 aliphatic carbocycles. The maximum atomic E-state index is 11.4. The number of carbonyl (C=O) groups is 1. The predicted octanol–water partition coefficient (Wildman–Crippen LogP) is 2.00. The Labute approximate surface area is 89.7 Å². The molecule has 4 heteroatoms. The predicted molar refractivity (Wildman–Crippen MR) is 56.6 cm³/mol. The fourth-order valence-electron chi connectivity index (χ4n) is 1.17. The lowest BCUT2D eigenvalue weighted by Gasteiger charge is -2.02. The van der Waals surface area contributed by atoms with Crippen LogP contribution in [0.5, 0.6) is 0 Å². The molecule has 4 nitrogen and oxygen atoms in total. The summed E-state index contributed by atoms with van der Waals surface area (Å²) < 4.78 is 4.86. The average Bonchev–Trinajstić information content (AvgIpc) is 2.27. The Morgan fingerprint density at radius 3 is 2.93 bits per heavy atom. The van der Waals surface area contributed by atoms with Crippen molar-refractivity contribution in [3.05, 3.63) is 23.8 Å². The first-order valence-corrected chi connectivity index (χ1v) is 5.27. The van der Waals surface area contributed by atoms with Crippen LogP contribution in [0.25, 0.3) is 0 Å². The van der Waals surface area contributed by atoms with Crippen LogP contribution < -0.4 is 0 Å². The smallest absolute Gasteiger partial charge is 0.357 e. The fourth-order valence-corrected chi connectivity index (χ4v) is 1.17. The van der Waals surface area contributed by atoms with Crippen molar-refractivity contribution in [3.8, 4) is 0 Å². The summed E-state index contributed by atoms with van der Waals surface area (Å²) in [5, 5.41) is 0. The molecule has 0 radical (unpaired) electrons. The second kappa shape index (κ2) is 6.11. The normalized spacial score (nSPS) is 10.0. The number of esters is 1. The number of rotatable bonds is 5. The minimum atomic E-state index is -0.377. The van der Waals surface area contributed by atoms with Crippen LogP contribution in [0.2, 0.25) is 0 Å². The number of hydrogen-bond donors (Lipinski definition) is 0. The third-order valence-corrected chi connectivity index (χ3v) is 1.94. The van der Waals surface area contributed by atoms with Gasteiger partial charge < -0.3 is 4.74 Å². The monoisotopic (exact) mass is 208 g/mol. The molecular formula is C11H16N2O2. The summed E-state index contributed by atoms with van der Waals surface area (Å²) in [6, 6.07) is 1.58. The van der Waals surface area contributed by atoms with Crippen molar-refractivity contribution in [1.29, 1.82) is 0 Å². The molecule has 1 aromatic heterocycles. The summed E-state index contributed by atoms with van der Waals surface area (Å²) in [6.07, 6.45) is 4.53. The summed E-state index contributed by atoms with van der Waals surface area (Å²) in [6.45, 7) is 4.25. The zero-order valence-electron chi connectivity index (χ0n) is 9.19. The topological polar surface area (TPSA) is 52.1 Å². The van der Waals surface area contributed by atoms with Crippen molar-refractivity contribution in [1.82, 2.24) is 9.97 Å². The van der Waals surface area contributed by atoms with Crippen LogP contribution in [0, 0.1) is 0 Å². The number of unbranched alkanes of at least 4 members (excludes halogenated alkanes) is 1. The molecule has 0 aliphatic rings. The lowest BCUT2D eigenvalue weighted by molar-refractivity contribution is 0.0519. The first kappa shape index (κ1) is 11.6. The molecule has 0 aliphatic heterocycles. The Hall–Kier alpha value is -1.45. The summed E-state index contributed by atoms with van der Waals surface area (Å²) in [7, 11) is 0. The minimum absolute atomic E-state index is 0.345. The van der Waals surface area contributed by atoms with Gasteiger partial charge in [-0.05, 0) is 19.4 Å². The van der Waals surface area contributed by atoms with E-state index in [2.05, 4.69) is 16.9 Å². The molecule has 0 amide bonds. The highest BCUT2D eigenvalue weighted by Crippen LogP contribution is 2.02. The van der Waals surface area contributed by atoms with E-state index in [1.807, 2.05) is 0 Å². The molecule has 0 fully saturated rings. The van der Waals surface area contributed by atoms with Gasteiger partial charge in [0.25, 0.3) is 0 Å². The van der Waals surface area contributed by atoms with Crippen LogP contribution in [0.1, 0.15) is 43.0 Å². The Kier molecular flexibility index (Phi) is 4.74. The molecule has 0 N–H and O–H groups in total. The van der Waals surface area contributed by atoms with Crippen LogP contribution in [0.3, 0.4) is 0 Å². The molecule has 0 saturated heterocycles. The van der Waals surface area contributed by atoms with Crippen LogP contribution in [0.4, 0.5) is 0 Å². The first-order chi connectivity index (χ1) is 7.27. The molecule has 82 valence electrons. The molecule has 1 heterocycles. The van der Waals surface area contributed by atoms with Gasteiger partial charge in [0.1, 0.15) is 5.82 Å². The zero-order chi connectivity index (χ0) is 11.1. The lowest BCUT2D eigenvalue weighted by atomic mass is 10.2. The van der Waals surface area contributed by atoms with E-state index in [1.54, 1.807) is 19.2 Å². The van der Waals surface area contributed by atoms with E-state index in [4.69, 9.17) is 4.74 Å². The molecule has 0 unspecified atom stereocenters. The van der Waals surface area contributed by atoms with Gasteiger partial charge in [0.15, 0.2) is 5.69 Å². The van der Waals surface area contributed by atoms with Crippen LogP contribution in [-0.4, -0.2) is 22.5 Å². The first-order valence-electron chi connectivity index (χ1n) is 5.27. The third-order valence-electron chi connectivity index (χ3n) is 1.94. The quantitative estimate of drug-likeness (QED) is 0.694. The second-order valence-electron chi connectivity index (χ2n) is 3.18. The summed E-state index contributed by atoms with van der Waals surface area (Å²) in [5.41, 5.74) is 0.345. The Balaban J connectivity index is 2.69. The van der Waals surface area contributed by atoms with Gasteiger partial charge in [-0.1, -0.05) is 13.3 Å². The highest BCUT2D eigenvalue weighted by molar-refractivity contribution is 5.87. The van der Waals surface area contributed by atoms with Gasteiger partial charge in [-0.3, -0.25) is 0 Å². The molecule has 0 spiro atoms. The SMILES string of the molecule is CCCCc1nccc(C(=O)OCC)n1. The van der Waals surface area contributed by atoms with Crippen molar-refractivity contribution in [3.63, 3.8) is 0 Å². The van der Waals surface area contributed by atoms with Gasteiger partial charge in [-0.25, -0.2) is 14.8 Å². The minimum Gasteiger partial charge on any atom is -0.461 e. The number of ether oxygens (including phenoxy) is 1. The van der Waals surface area contributed by atoms with E-state index in [-0.39, 0.29) is 5.97 Å². The highest BCUT2D eigenvalue weighted by atomic mass is 16.5. The van der Waals surface area contributed by atoms with Crippen LogP contribution in [-0.2, 0) is 11.2 Å². The Morgan fingerprint density at radius 2 is 2.27 bits per heavy atom. The van der Waals surface area contributed by atoms with E-state index in [9.17, 15) is 4.79 Å². The maximum absolute atomic E-state index is 11.4. The van der Waals surface area contributed by atoms with Gasteiger partial charge in [-0.15, -0.1) is 0 Å². The zero-order valence-corrected chi connectivity index (χ0v) is 9.19. The largest absolute Gasteiger partial charge is 0.461 e. The lowest BCUT2D eigenvalue weighted by Crippen LogP contribution is -2.09. The Bertz CT molecular complexity index is 326. The third kappa shape index (κ3) is 3.65. The van der Waals surface area contributed by atoms with E-state index < -0.39 is 0 Å². The summed E-state index contributed by atoms with van der Waals surface area (Å²) in [4.78, 5) is 19.6. The molecule has 0 aromatic carbocycles. The van der Waals surface area contributed by atoms with E-state index >= 15 is 0 Å². The van der Waals surface area contributed by atoms with E-state index in [0.29, 0.717) is 18.1 Å². The Morgan fingerprint density at radius 1 is 1.47 bits per heavy atom. The number of hydrogen-bond acceptors (Lipinski definition) is 4. The number of aromatic nitrogens is 2. The van der Waals surface area contributed by atoms with Crippen molar-refractivity contribution >= 4 is 5.97 Å². The van der Waals surface area contributed by atoms with Gasteiger partial charge in [0.05, 0.1) is 6.61 Å². The van der Waals surface area contributed by atoms with E-state index in [1.165, 1.54) is 0 Å². The summed E-state index contributed by atoms with van der Waals surface area (Å²) in [5.74, 6) is 0.333. The van der Waals surface area contributed by atoms with Crippen molar-refractivity contribution < 1.29 is 9.53 Å². The van der Waals surface area contributed by atoms with Crippen molar-refractivity contribution in [2.75, 3.05) is 6.61 Å². The molecule has 1 rings (SSSR count). The van der Waals surface area contributed by atoms with Crippen LogP contribution in [0.15, 0.2) is 12.3 Å². The molecule has 0 saturated carbocycles. The maximum Gasteiger partial charge on any atom is 0.357 e. The number of aryl methyl sites for hydroxylation is 1. The highest BCUT2D eigenvalue weighted by Gasteiger charge is 2.08. The van der Waals surface area contributed by atoms with Crippen molar-refractivity contribution in [2.24, 2.45) is 0 Å². The second-order valence-corrected chi connectivity index (χ2v) is 3.18. The molecule has 1 aromatic rings. The molecule has 0 atom stereocenters. The van der Waals surface area contributed by atoms with Crippen molar-refractivity contribution in [2.45, 2.75) is 33.1 Å².